The van der Waals surface area contributed by atoms with E-state index in [0.717, 1.165) is 24.1 Å². The van der Waals surface area contributed by atoms with E-state index < -0.39 is 17.4 Å². The maximum absolute atomic E-state index is 15.6. The number of aromatic amines is 1. The Kier molecular flexibility index (Phi) is 6.05. The second kappa shape index (κ2) is 8.54. The average Bonchev–Trinajstić information content (AvgIpc) is 3.27. The van der Waals surface area contributed by atoms with E-state index in [2.05, 4.69) is 4.98 Å². The Hall–Kier alpha value is -2.77. The topological polar surface area (TPSA) is 74.9 Å². The average molecular weight is 460 g/mol. The number of halogens is 1. The van der Waals surface area contributed by atoms with Crippen LogP contribution in [0.15, 0.2) is 6.07 Å². The van der Waals surface area contributed by atoms with E-state index in [-0.39, 0.29) is 30.2 Å². The van der Waals surface area contributed by atoms with Crippen LogP contribution in [0.3, 0.4) is 0 Å². The minimum Gasteiger partial charge on any atom is -0.462 e. The molecule has 2 unspecified atom stereocenters. The van der Waals surface area contributed by atoms with Crippen molar-refractivity contribution in [3.05, 3.63) is 28.7 Å². The number of nitrogens with one attached hydrogen (secondary N) is 1. The van der Waals surface area contributed by atoms with Crippen LogP contribution in [0, 0.1) is 25.6 Å². The monoisotopic (exact) mass is 459 g/mol. The molecule has 33 heavy (non-hydrogen) atoms. The molecule has 180 valence electrons. The summed E-state index contributed by atoms with van der Waals surface area (Å²) in [6, 6.07) is 1.24. The number of hydrogen-bond acceptors (Lipinski definition) is 5. The smallest absolute Gasteiger partial charge is 0.410 e. The van der Waals surface area contributed by atoms with Gasteiger partial charge in [-0.2, -0.15) is 0 Å². The number of benzene rings is 1. The molecule has 0 spiro atoms. The number of carbonyl (C=O) groups excluding carboxylic acids is 2. The lowest BCUT2D eigenvalue weighted by molar-refractivity contribution is 0.00668. The number of piperidine rings is 1. The van der Waals surface area contributed by atoms with Crippen molar-refractivity contribution in [2.24, 2.45) is 5.92 Å². The first-order chi connectivity index (χ1) is 15.5. The summed E-state index contributed by atoms with van der Waals surface area (Å²) in [5, 5.41) is 0.706. The van der Waals surface area contributed by atoms with Crippen LogP contribution in [-0.2, 0) is 9.47 Å². The zero-order valence-electron chi connectivity index (χ0n) is 20.4. The molecular weight excluding hydrogens is 425 g/mol. The van der Waals surface area contributed by atoms with Crippen molar-refractivity contribution in [1.82, 2.24) is 9.88 Å². The predicted molar refractivity (Wildman–Crippen MR) is 125 cm³/mol. The van der Waals surface area contributed by atoms with E-state index in [0.29, 0.717) is 36.2 Å². The van der Waals surface area contributed by atoms with Crippen molar-refractivity contribution in [2.75, 3.05) is 31.1 Å². The number of hydrogen-bond donors (Lipinski definition) is 1. The quantitative estimate of drug-likeness (QED) is 0.659. The van der Waals surface area contributed by atoms with Gasteiger partial charge in [0.2, 0.25) is 0 Å². The van der Waals surface area contributed by atoms with Crippen molar-refractivity contribution >= 4 is 28.7 Å². The standard InChI is InChI=1S/C25H34FN3O4/c1-7-32-23(30)17-11-18(26)22(20-14(2)15(3)27-21(17)20)28-12-16-9-8-10-29(19(16)13-28)24(31)33-25(4,5)6/h11,16,19,27H,7-10,12-13H2,1-6H3. The number of rotatable bonds is 3. The van der Waals surface area contributed by atoms with Crippen LogP contribution in [0.25, 0.3) is 10.9 Å². The first kappa shape index (κ1) is 23.4. The molecular formula is C25H34FN3O4. The molecule has 0 saturated carbocycles. The molecule has 7 nitrogen and oxygen atoms in total. The van der Waals surface area contributed by atoms with E-state index in [1.54, 1.807) is 6.92 Å². The maximum atomic E-state index is 15.6. The van der Waals surface area contributed by atoms with E-state index in [1.165, 1.54) is 6.07 Å². The molecule has 2 aromatic rings. The van der Waals surface area contributed by atoms with Gasteiger partial charge in [0, 0.05) is 30.7 Å². The van der Waals surface area contributed by atoms with Gasteiger partial charge in [0.15, 0.2) is 0 Å². The molecule has 2 saturated heterocycles. The zero-order valence-corrected chi connectivity index (χ0v) is 20.4. The fraction of sp³-hybridized carbons (Fsp3) is 0.600. The molecule has 1 aromatic carbocycles. The molecule has 2 aliphatic rings. The molecule has 0 bridgehead atoms. The van der Waals surface area contributed by atoms with Crippen LogP contribution >= 0.6 is 0 Å². The number of carbonyl (C=O) groups is 2. The third-order valence-corrected chi connectivity index (χ3v) is 6.72. The van der Waals surface area contributed by atoms with Gasteiger partial charge in [-0.1, -0.05) is 0 Å². The summed E-state index contributed by atoms with van der Waals surface area (Å²) in [4.78, 5) is 32.5. The minimum absolute atomic E-state index is 0.0341. The van der Waals surface area contributed by atoms with Gasteiger partial charge < -0.3 is 24.3 Å². The highest BCUT2D eigenvalue weighted by Gasteiger charge is 2.43. The summed E-state index contributed by atoms with van der Waals surface area (Å²) in [6.07, 6.45) is 1.57. The van der Waals surface area contributed by atoms with Crippen molar-refractivity contribution in [2.45, 2.75) is 66.0 Å². The fourth-order valence-corrected chi connectivity index (χ4v) is 5.19. The fourth-order valence-electron chi connectivity index (χ4n) is 5.19. The minimum atomic E-state index is -0.566. The first-order valence-corrected chi connectivity index (χ1v) is 11.7. The predicted octanol–water partition coefficient (Wildman–Crippen LogP) is 4.94. The molecule has 2 atom stereocenters. The van der Waals surface area contributed by atoms with Gasteiger partial charge in [-0.05, 0) is 71.9 Å². The van der Waals surface area contributed by atoms with Crippen molar-refractivity contribution in [3.8, 4) is 0 Å². The van der Waals surface area contributed by atoms with Gasteiger partial charge in [-0.15, -0.1) is 0 Å². The highest BCUT2D eigenvalue weighted by atomic mass is 19.1. The van der Waals surface area contributed by atoms with E-state index in [9.17, 15) is 9.59 Å². The number of aryl methyl sites for hydroxylation is 2. The van der Waals surface area contributed by atoms with Gasteiger partial charge >= 0.3 is 12.1 Å². The second-order valence-corrected chi connectivity index (χ2v) is 10.1. The van der Waals surface area contributed by atoms with Crippen LogP contribution < -0.4 is 4.90 Å². The Morgan fingerprint density at radius 3 is 2.64 bits per heavy atom. The number of likely N-dealkylation sites (tertiary alicyclic amines) is 1. The summed E-state index contributed by atoms with van der Waals surface area (Å²) in [7, 11) is 0. The molecule has 8 heteroatoms. The molecule has 2 fully saturated rings. The molecule has 1 amide bonds. The SMILES string of the molecule is CCOC(=O)c1cc(F)c(N2CC3CCCN(C(=O)OC(C)(C)C)C3C2)c2c(C)c(C)[nH]c12. The number of ether oxygens (including phenoxy) is 2. The Morgan fingerprint density at radius 1 is 1.24 bits per heavy atom. The van der Waals surface area contributed by atoms with Gasteiger partial charge in [0.1, 0.15) is 11.4 Å². The Bertz CT molecular complexity index is 1090. The number of aromatic nitrogens is 1. The lowest BCUT2D eigenvalue weighted by Crippen LogP contribution is -2.50. The van der Waals surface area contributed by atoms with Gasteiger partial charge in [-0.3, -0.25) is 0 Å². The van der Waals surface area contributed by atoms with Gasteiger partial charge in [-0.25, -0.2) is 14.0 Å². The number of esters is 1. The molecule has 0 radical (unpaired) electrons. The third kappa shape index (κ3) is 4.27. The summed E-state index contributed by atoms with van der Waals surface area (Å²) in [5.41, 5.74) is 2.51. The highest BCUT2D eigenvalue weighted by molar-refractivity contribution is 6.09. The maximum Gasteiger partial charge on any atom is 0.410 e. The Morgan fingerprint density at radius 2 is 1.97 bits per heavy atom. The molecule has 4 rings (SSSR count). The molecule has 2 aliphatic heterocycles. The van der Waals surface area contributed by atoms with Gasteiger partial charge in [0.05, 0.1) is 29.4 Å². The highest BCUT2D eigenvalue weighted by Crippen LogP contribution is 2.41. The van der Waals surface area contributed by atoms with Crippen molar-refractivity contribution in [3.63, 3.8) is 0 Å². The third-order valence-electron chi connectivity index (χ3n) is 6.72. The molecule has 1 aromatic heterocycles. The van der Waals surface area contributed by atoms with Crippen LogP contribution in [0.4, 0.5) is 14.9 Å². The summed E-state index contributed by atoms with van der Waals surface area (Å²) >= 11 is 0. The zero-order chi connectivity index (χ0) is 24.1. The van der Waals surface area contributed by atoms with Crippen LogP contribution in [-0.4, -0.2) is 59.8 Å². The summed E-state index contributed by atoms with van der Waals surface area (Å²) < 4.78 is 26.4. The first-order valence-electron chi connectivity index (χ1n) is 11.7. The number of anilines is 1. The Labute approximate surface area is 194 Å². The molecule has 3 heterocycles. The van der Waals surface area contributed by atoms with Crippen LogP contribution in [0.5, 0.6) is 0 Å². The normalized spacial score (nSPS) is 20.8. The van der Waals surface area contributed by atoms with Crippen LogP contribution in [0.1, 0.15) is 62.2 Å². The summed E-state index contributed by atoms with van der Waals surface area (Å²) in [5.74, 6) is -0.749. The number of amides is 1. The van der Waals surface area contributed by atoms with Crippen LogP contribution in [0.2, 0.25) is 0 Å². The largest absolute Gasteiger partial charge is 0.462 e. The number of H-pyrrole nitrogens is 1. The number of fused-ring (bicyclic) bond motifs is 2. The van der Waals surface area contributed by atoms with Crippen molar-refractivity contribution < 1.29 is 23.5 Å². The lowest BCUT2D eigenvalue weighted by Gasteiger charge is -2.37. The molecule has 0 aliphatic carbocycles. The second-order valence-electron chi connectivity index (χ2n) is 10.1. The lowest BCUT2D eigenvalue weighted by atomic mass is 9.92. The van der Waals surface area contributed by atoms with E-state index in [4.69, 9.17) is 9.47 Å². The summed E-state index contributed by atoms with van der Waals surface area (Å²) in [6.45, 7) is 13.2. The van der Waals surface area contributed by atoms with Crippen molar-refractivity contribution in [1.29, 1.82) is 0 Å². The van der Waals surface area contributed by atoms with Gasteiger partial charge in [0.25, 0.3) is 0 Å². The Balaban J connectivity index is 1.72. The van der Waals surface area contributed by atoms with E-state index >= 15 is 4.39 Å². The van der Waals surface area contributed by atoms with E-state index in [1.807, 2.05) is 44.4 Å². The molecule has 1 N–H and O–H groups in total. The number of nitrogens with zero attached hydrogens (tertiary/aromatic N) is 2.